The van der Waals surface area contributed by atoms with Crippen LogP contribution in [0.2, 0.25) is 0 Å². The van der Waals surface area contributed by atoms with Gasteiger partial charge >= 0.3 is 0 Å². The summed E-state index contributed by atoms with van der Waals surface area (Å²) in [5, 5.41) is 10.5. The topological polar surface area (TPSA) is 54.5 Å². The van der Waals surface area contributed by atoms with Crippen molar-refractivity contribution in [2.75, 3.05) is 7.11 Å². The first-order valence-corrected chi connectivity index (χ1v) is 6.32. The van der Waals surface area contributed by atoms with E-state index in [1.165, 1.54) is 0 Å². The Morgan fingerprint density at radius 1 is 1.10 bits per heavy atom. The average molecular weight is 269 g/mol. The van der Waals surface area contributed by atoms with Crippen molar-refractivity contribution in [1.29, 1.82) is 0 Å². The molecule has 3 rings (SSSR count). The number of aromatic amines is 1. The molecule has 20 heavy (non-hydrogen) atoms. The van der Waals surface area contributed by atoms with Crippen LogP contribution in [-0.2, 0) is 6.61 Å². The zero-order chi connectivity index (χ0) is 13.9. The molecule has 0 saturated heterocycles. The van der Waals surface area contributed by atoms with Crippen molar-refractivity contribution < 1.29 is 14.6 Å². The summed E-state index contributed by atoms with van der Waals surface area (Å²) in [5.41, 5.74) is 1.94. The molecule has 0 saturated carbocycles. The summed E-state index contributed by atoms with van der Waals surface area (Å²) in [6.45, 7) is 0.456. The molecule has 0 aliphatic rings. The van der Waals surface area contributed by atoms with E-state index in [2.05, 4.69) is 4.98 Å². The number of ether oxygens (including phenoxy) is 2. The Morgan fingerprint density at radius 3 is 2.80 bits per heavy atom. The summed E-state index contributed by atoms with van der Waals surface area (Å²) < 4.78 is 10.9. The van der Waals surface area contributed by atoms with Crippen molar-refractivity contribution in [3.05, 3.63) is 54.2 Å². The van der Waals surface area contributed by atoms with Gasteiger partial charge in [0.25, 0.3) is 0 Å². The molecule has 2 N–H and O–H groups in total. The minimum Gasteiger partial charge on any atom is -0.508 e. The van der Waals surface area contributed by atoms with E-state index in [0.717, 1.165) is 28.0 Å². The standard InChI is InChI=1S/C16H15NO3/c1-19-13-3-2-4-14(8-13)20-10-11-9-17-16-7-12(18)5-6-15(11)16/h2-9,17-18H,10H2,1H3. The Bertz CT molecular complexity index is 733. The third-order valence-electron chi connectivity index (χ3n) is 3.19. The quantitative estimate of drug-likeness (QED) is 0.762. The highest BCUT2D eigenvalue weighted by Gasteiger charge is 2.05. The lowest BCUT2D eigenvalue weighted by molar-refractivity contribution is 0.305. The highest BCUT2D eigenvalue weighted by Crippen LogP contribution is 2.25. The molecule has 1 heterocycles. The van der Waals surface area contributed by atoms with Crippen LogP contribution in [0.1, 0.15) is 5.56 Å². The van der Waals surface area contributed by atoms with E-state index in [1.807, 2.05) is 36.5 Å². The number of nitrogens with one attached hydrogen (secondary N) is 1. The molecule has 0 bridgehead atoms. The summed E-state index contributed by atoms with van der Waals surface area (Å²) in [7, 11) is 1.63. The predicted octanol–water partition coefficient (Wildman–Crippen LogP) is 3.46. The van der Waals surface area contributed by atoms with Crippen molar-refractivity contribution in [3.63, 3.8) is 0 Å². The number of aromatic hydroxyl groups is 1. The van der Waals surface area contributed by atoms with E-state index in [9.17, 15) is 5.11 Å². The molecule has 0 aliphatic carbocycles. The van der Waals surface area contributed by atoms with E-state index < -0.39 is 0 Å². The van der Waals surface area contributed by atoms with Crippen molar-refractivity contribution in [2.45, 2.75) is 6.61 Å². The maximum absolute atomic E-state index is 9.44. The highest BCUT2D eigenvalue weighted by molar-refractivity contribution is 5.84. The molecule has 0 aliphatic heterocycles. The van der Waals surface area contributed by atoms with E-state index in [0.29, 0.717) is 6.61 Å². The molecular formula is C16H15NO3. The molecule has 0 amide bonds. The number of benzene rings is 2. The van der Waals surface area contributed by atoms with E-state index in [1.54, 1.807) is 19.2 Å². The number of rotatable bonds is 4. The van der Waals surface area contributed by atoms with Gasteiger partial charge < -0.3 is 19.6 Å². The third-order valence-corrected chi connectivity index (χ3v) is 3.19. The summed E-state index contributed by atoms with van der Waals surface area (Å²) in [4.78, 5) is 3.12. The lowest BCUT2D eigenvalue weighted by atomic mass is 10.2. The Kier molecular flexibility index (Phi) is 3.21. The van der Waals surface area contributed by atoms with Gasteiger partial charge in [-0.25, -0.2) is 0 Å². The zero-order valence-corrected chi connectivity index (χ0v) is 11.1. The number of hydrogen-bond donors (Lipinski definition) is 2. The molecule has 0 spiro atoms. The lowest BCUT2D eigenvalue weighted by Gasteiger charge is -2.07. The van der Waals surface area contributed by atoms with E-state index in [-0.39, 0.29) is 5.75 Å². The van der Waals surface area contributed by atoms with Gasteiger partial charge in [-0.3, -0.25) is 0 Å². The number of methoxy groups -OCH3 is 1. The average Bonchev–Trinajstić information content (AvgIpc) is 2.87. The second-order valence-electron chi connectivity index (χ2n) is 4.51. The number of hydrogen-bond acceptors (Lipinski definition) is 3. The third kappa shape index (κ3) is 2.40. The van der Waals surface area contributed by atoms with Gasteiger partial charge in [0.1, 0.15) is 23.9 Å². The Morgan fingerprint density at radius 2 is 1.95 bits per heavy atom. The normalized spacial score (nSPS) is 10.7. The van der Waals surface area contributed by atoms with Gasteiger partial charge in [-0.2, -0.15) is 0 Å². The summed E-state index contributed by atoms with van der Waals surface area (Å²) in [5.74, 6) is 1.78. The molecule has 1 aromatic heterocycles. The van der Waals surface area contributed by atoms with Crippen LogP contribution in [0.25, 0.3) is 10.9 Å². The fraction of sp³-hybridized carbons (Fsp3) is 0.125. The summed E-state index contributed by atoms with van der Waals surface area (Å²) in [6, 6.07) is 12.8. The SMILES string of the molecule is COc1cccc(OCc2c[nH]c3cc(O)ccc23)c1. The Labute approximate surface area is 116 Å². The summed E-state index contributed by atoms with van der Waals surface area (Å²) in [6.07, 6.45) is 1.89. The molecule has 0 fully saturated rings. The van der Waals surface area contributed by atoms with Crippen molar-refractivity contribution >= 4 is 10.9 Å². The van der Waals surface area contributed by atoms with Gasteiger partial charge in [0.05, 0.1) is 7.11 Å². The molecule has 102 valence electrons. The van der Waals surface area contributed by atoms with Crippen LogP contribution in [0.5, 0.6) is 17.2 Å². The molecular weight excluding hydrogens is 254 g/mol. The van der Waals surface area contributed by atoms with Crippen molar-refractivity contribution in [2.24, 2.45) is 0 Å². The first-order valence-electron chi connectivity index (χ1n) is 6.32. The van der Waals surface area contributed by atoms with Gasteiger partial charge in [0.2, 0.25) is 0 Å². The predicted molar refractivity (Wildman–Crippen MR) is 77.3 cm³/mol. The minimum absolute atomic E-state index is 0.250. The van der Waals surface area contributed by atoms with Gasteiger partial charge in [-0.15, -0.1) is 0 Å². The number of phenolic OH excluding ortho intramolecular Hbond substituents is 1. The molecule has 0 radical (unpaired) electrons. The fourth-order valence-electron chi connectivity index (χ4n) is 2.15. The molecule has 0 unspecified atom stereocenters. The van der Waals surface area contributed by atoms with Gasteiger partial charge in [-0.1, -0.05) is 6.07 Å². The highest BCUT2D eigenvalue weighted by atomic mass is 16.5. The van der Waals surface area contributed by atoms with Crippen molar-refractivity contribution in [3.8, 4) is 17.2 Å². The van der Waals surface area contributed by atoms with E-state index >= 15 is 0 Å². The van der Waals surface area contributed by atoms with Crippen LogP contribution in [0.15, 0.2) is 48.7 Å². The first kappa shape index (κ1) is 12.4. The van der Waals surface area contributed by atoms with Gasteiger partial charge in [-0.05, 0) is 24.3 Å². The molecule has 4 heteroatoms. The van der Waals surface area contributed by atoms with Crippen molar-refractivity contribution in [1.82, 2.24) is 4.98 Å². The Hall–Kier alpha value is -2.62. The monoisotopic (exact) mass is 269 g/mol. The zero-order valence-electron chi connectivity index (χ0n) is 11.1. The first-order chi connectivity index (χ1) is 9.76. The number of H-pyrrole nitrogens is 1. The maximum atomic E-state index is 9.44. The van der Waals surface area contributed by atoms with Gasteiger partial charge in [0.15, 0.2) is 0 Å². The number of aromatic nitrogens is 1. The molecule has 0 atom stereocenters. The van der Waals surface area contributed by atoms with Crippen LogP contribution < -0.4 is 9.47 Å². The van der Waals surface area contributed by atoms with Crippen LogP contribution in [0.3, 0.4) is 0 Å². The largest absolute Gasteiger partial charge is 0.508 e. The fourth-order valence-corrected chi connectivity index (χ4v) is 2.15. The van der Waals surface area contributed by atoms with Gasteiger partial charge in [0, 0.05) is 34.8 Å². The maximum Gasteiger partial charge on any atom is 0.123 e. The summed E-state index contributed by atoms with van der Waals surface area (Å²) >= 11 is 0. The molecule has 4 nitrogen and oxygen atoms in total. The van der Waals surface area contributed by atoms with E-state index in [4.69, 9.17) is 9.47 Å². The van der Waals surface area contributed by atoms with Crippen LogP contribution in [0.4, 0.5) is 0 Å². The Balaban J connectivity index is 1.79. The molecule has 3 aromatic rings. The van der Waals surface area contributed by atoms with Crippen LogP contribution in [0, 0.1) is 0 Å². The number of phenols is 1. The lowest BCUT2D eigenvalue weighted by Crippen LogP contribution is -1.94. The second-order valence-corrected chi connectivity index (χ2v) is 4.51. The number of fused-ring (bicyclic) bond motifs is 1. The minimum atomic E-state index is 0.250. The second kappa shape index (κ2) is 5.17. The van der Waals surface area contributed by atoms with Crippen LogP contribution in [-0.4, -0.2) is 17.2 Å². The molecule has 2 aromatic carbocycles. The smallest absolute Gasteiger partial charge is 0.123 e. The van der Waals surface area contributed by atoms with Crippen LogP contribution >= 0.6 is 0 Å².